The molecule has 0 saturated carbocycles. The number of ether oxygens (including phenoxy) is 2. The Labute approximate surface area is 174 Å². The van der Waals surface area contributed by atoms with Gasteiger partial charge in [0.15, 0.2) is 11.5 Å². The second-order valence-corrected chi connectivity index (χ2v) is 8.32. The molecule has 1 atom stereocenters. The van der Waals surface area contributed by atoms with E-state index in [-0.39, 0.29) is 11.9 Å². The average molecular weight is 445 g/mol. The third kappa shape index (κ3) is 4.33. The van der Waals surface area contributed by atoms with Gasteiger partial charge in [-0.25, -0.2) is 0 Å². The van der Waals surface area contributed by atoms with E-state index in [0.29, 0.717) is 26.3 Å². The zero-order valence-corrected chi connectivity index (χ0v) is 17.7. The number of hydrogen-bond donors (Lipinski definition) is 0. The monoisotopic (exact) mass is 444 g/mol. The van der Waals surface area contributed by atoms with Crippen LogP contribution in [0.3, 0.4) is 0 Å². The second-order valence-electron chi connectivity index (χ2n) is 7.41. The van der Waals surface area contributed by atoms with Crippen molar-refractivity contribution in [2.45, 2.75) is 25.4 Å². The molecule has 2 aromatic rings. The molecular formula is C22H25BrN2O3. The molecule has 1 fully saturated rings. The van der Waals surface area contributed by atoms with Crippen LogP contribution in [0.5, 0.6) is 11.5 Å². The van der Waals surface area contributed by atoms with Gasteiger partial charge >= 0.3 is 0 Å². The molecule has 0 spiro atoms. The van der Waals surface area contributed by atoms with Crippen molar-refractivity contribution in [1.82, 2.24) is 9.80 Å². The van der Waals surface area contributed by atoms with Gasteiger partial charge in [0.05, 0.1) is 6.54 Å². The standard InChI is InChI=1S/C22H25BrN2O3/c1-24(14-16-4-7-18(23)8-5-16)22(26)15-25-10-2-3-19(25)17-6-9-20-21(13-17)28-12-11-27-20/h4-9,13,19H,2-3,10-12,14-15H2,1H3/t19-/m0/s1. The number of likely N-dealkylation sites (tertiary alicyclic amines) is 1. The Morgan fingerprint density at radius 3 is 2.68 bits per heavy atom. The fraction of sp³-hybridized carbons (Fsp3) is 0.409. The van der Waals surface area contributed by atoms with Gasteiger partial charge in [-0.2, -0.15) is 0 Å². The van der Waals surface area contributed by atoms with Crippen molar-refractivity contribution >= 4 is 21.8 Å². The number of benzene rings is 2. The normalized spacial score (nSPS) is 18.9. The van der Waals surface area contributed by atoms with Crippen LogP contribution in [0.25, 0.3) is 0 Å². The minimum Gasteiger partial charge on any atom is -0.486 e. The lowest BCUT2D eigenvalue weighted by atomic mass is 10.0. The summed E-state index contributed by atoms with van der Waals surface area (Å²) in [5, 5.41) is 0. The number of carbonyl (C=O) groups excluding carboxylic acids is 1. The largest absolute Gasteiger partial charge is 0.486 e. The zero-order chi connectivity index (χ0) is 19.5. The number of carbonyl (C=O) groups is 1. The van der Waals surface area contributed by atoms with Crippen LogP contribution in [-0.2, 0) is 11.3 Å². The summed E-state index contributed by atoms with van der Waals surface area (Å²) in [6.45, 7) is 3.18. The number of hydrogen-bond acceptors (Lipinski definition) is 4. The van der Waals surface area contributed by atoms with Gasteiger partial charge in [-0.15, -0.1) is 0 Å². The summed E-state index contributed by atoms with van der Waals surface area (Å²) >= 11 is 3.45. The summed E-state index contributed by atoms with van der Waals surface area (Å²) in [4.78, 5) is 16.9. The minimum absolute atomic E-state index is 0.146. The van der Waals surface area contributed by atoms with Gasteiger partial charge in [0.25, 0.3) is 0 Å². The Bertz CT molecular complexity index is 840. The molecule has 0 bridgehead atoms. The summed E-state index contributed by atoms with van der Waals surface area (Å²) in [5.41, 5.74) is 2.33. The van der Waals surface area contributed by atoms with E-state index >= 15 is 0 Å². The lowest BCUT2D eigenvalue weighted by molar-refractivity contribution is -0.131. The van der Waals surface area contributed by atoms with E-state index in [1.165, 1.54) is 5.56 Å². The first-order valence-corrected chi connectivity index (χ1v) is 10.5. The first-order valence-electron chi connectivity index (χ1n) is 9.72. The highest BCUT2D eigenvalue weighted by atomic mass is 79.9. The van der Waals surface area contributed by atoms with Crippen LogP contribution >= 0.6 is 15.9 Å². The topological polar surface area (TPSA) is 42.0 Å². The lowest BCUT2D eigenvalue weighted by Gasteiger charge is -2.28. The van der Waals surface area contributed by atoms with Crippen LogP contribution in [-0.4, -0.2) is 49.1 Å². The van der Waals surface area contributed by atoms with Crippen molar-refractivity contribution in [2.24, 2.45) is 0 Å². The van der Waals surface area contributed by atoms with Gasteiger partial charge in [-0.3, -0.25) is 9.69 Å². The third-order valence-corrected chi connectivity index (χ3v) is 5.94. The molecule has 5 nitrogen and oxygen atoms in total. The first kappa shape index (κ1) is 19.3. The molecule has 4 rings (SSSR count). The molecule has 2 heterocycles. The molecule has 2 aromatic carbocycles. The van der Waals surface area contributed by atoms with E-state index in [2.05, 4.69) is 33.0 Å². The van der Waals surface area contributed by atoms with Crippen molar-refractivity contribution in [2.75, 3.05) is 33.4 Å². The quantitative estimate of drug-likeness (QED) is 0.698. The number of rotatable bonds is 5. The fourth-order valence-corrected chi connectivity index (χ4v) is 4.17. The van der Waals surface area contributed by atoms with E-state index < -0.39 is 0 Å². The molecule has 0 aromatic heterocycles. The summed E-state index contributed by atoms with van der Waals surface area (Å²) in [6, 6.07) is 14.5. The number of halogens is 1. The molecule has 28 heavy (non-hydrogen) atoms. The Morgan fingerprint density at radius 1 is 1.14 bits per heavy atom. The van der Waals surface area contributed by atoms with Gasteiger partial charge in [0.2, 0.25) is 5.91 Å². The molecular weight excluding hydrogens is 420 g/mol. The fourth-order valence-electron chi connectivity index (χ4n) is 3.91. The highest BCUT2D eigenvalue weighted by Crippen LogP contribution is 2.37. The Balaban J connectivity index is 1.40. The minimum atomic E-state index is 0.146. The molecule has 1 saturated heterocycles. The molecule has 0 N–H and O–H groups in total. The molecule has 0 radical (unpaired) electrons. The van der Waals surface area contributed by atoms with Gasteiger partial charge < -0.3 is 14.4 Å². The van der Waals surface area contributed by atoms with Crippen molar-refractivity contribution in [3.8, 4) is 11.5 Å². The van der Waals surface area contributed by atoms with Gasteiger partial charge in [-0.05, 0) is 54.8 Å². The Morgan fingerprint density at radius 2 is 1.89 bits per heavy atom. The molecule has 148 valence electrons. The number of likely N-dealkylation sites (N-methyl/N-ethyl adjacent to an activating group) is 1. The van der Waals surface area contributed by atoms with Crippen LogP contribution in [0.4, 0.5) is 0 Å². The number of fused-ring (bicyclic) bond motifs is 1. The predicted molar refractivity (Wildman–Crippen MR) is 112 cm³/mol. The van der Waals surface area contributed by atoms with E-state index in [9.17, 15) is 4.79 Å². The Hall–Kier alpha value is -2.05. The van der Waals surface area contributed by atoms with Gasteiger partial charge in [0, 0.05) is 24.1 Å². The predicted octanol–water partition coefficient (Wildman–Crippen LogP) is 4.02. The highest BCUT2D eigenvalue weighted by molar-refractivity contribution is 9.10. The average Bonchev–Trinajstić information content (AvgIpc) is 3.17. The number of amides is 1. The third-order valence-electron chi connectivity index (χ3n) is 5.41. The van der Waals surface area contributed by atoms with E-state index in [1.807, 2.05) is 42.3 Å². The van der Waals surface area contributed by atoms with Crippen LogP contribution in [0, 0.1) is 0 Å². The van der Waals surface area contributed by atoms with E-state index in [1.54, 1.807) is 0 Å². The van der Waals surface area contributed by atoms with Crippen LogP contribution < -0.4 is 9.47 Å². The molecule has 2 aliphatic rings. The lowest BCUT2D eigenvalue weighted by Crippen LogP contribution is -2.37. The molecule has 0 unspecified atom stereocenters. The van der Waals surface area contributed by atoms with Crippen molar-refractivity contribution in [3.05, 3.63) is 58.1 Å². The maximum absolute atomic E-state index is 12.8. The summed E-state index contributed by atoms with van der Waals surface area (Å²) in [5.74, 6) is 1.77. The highest BCUT2D eigenvalue weighted by Gasteiger charge is 2.29. The van der Waals surface area contributed by atoms with Crippen LogP contribution in [0.15, 0.2) is 46.9 Å². The van der Waals surface area contributed by atoms with E-state index in [0.717, 1.165) is 40.9 Å². The second kappa shape index (κ2) is 8.53. The van der Waals surface area contributed by atoms with Crippen molar-refractivity contribution in [1.29, 1.82) is 0 Å². The number of nitrogens with zero attached hydrogens (tertiary/aromatic N) is 2. The summed E-state index contributed by atoms with van der Waals surface area (Å²) in [7, 11) is 1.87. The SMILES string of the molecule is CN(Cc1ccc(Br)cc1)C(=O)CN1CCC[C@H]1c1ccc2c(c1)OCCO2. The summed E-state index contributed by atoms with van der Waals surface area (Å²) in [6.07, 6.45) is 2.16. The van der Waals surface area contributed by atoms with Crippen LogP contribution in [0.2, 0.25) is 0 Å². The van der Waals surface area contributed by atoms with Gasteiger partial charge in [0.1, 0.15) is 13.2 Å². The first-order chi connectivity index (χ1) is 13.6. The zero-order valence-electron chi connectivity index (χ0n) is 16.1. The van der Waals surface area contributed by atoms with Crippen molar-refractivity contribution < 1.29 is 14.3 Å². The maximum Gasteiger partial charge on any atom is 0.236 e. The van der Waals surface area contributed by atoms with Gasteiger partial charge in [-0.1, -0.05) is 34.1 Å². The van der Waals surface area contributed by atoms with E-state index in [4.69, 9.17) is 9.47 Å². The summed E-state index contributed by atoms with van der Waals surface area (Å²) < 4.78 is 12.4. The van der Waals surface area contributed by atoms with Crippen molar-refractivity contribution in [3.63, 3.8) is 0 Å². The molecule has 6 heteroatoms. The molecule has 0 aliphatic carbocycles. The smallest absolute Gasteiger partial charge is 0.236 e. The van der Waals surface area contributed by atoms with Crippen LogP contribution in [0.1, 0.15) is 30.0 Å². The Kier molecular flexibility index (Phi) is 5.87. The maximum atomic E-state index is 12.8. The molecule has 1 amide bonds. The molecule has 2 aliphatic heterocycles.